The highest BCUT2D eigenvalue weighted by Crippen LogP contribution is 2.27. The summed E-state index contributed by atoms with van der Waals surface area (Å²) in [7, 11) is 0. The molecule has 0 atom stereocenters. The molecule has 1 heterocycles. The van der Waals surface area contributed by atoms with Crippen LogP contribution in [-0.4, -0.2) is 9.78 Å². The lowest BCUT2D eigenvalue weighted by Crippen LogP contribution is -2.10. The summed E-state index contributed by atoms with van der Waals surface area (Å²) in [6, 6.07) is 8.44. The molecule has 0 bridgehead atoms. The van der Waals surface area contributed by atoms with Gasteiger partial charge in [0, 0.05) is 24.8 Å². The number of nitrogens with zero attached hydrogens (tertiary/aromatic N) is 2. The maximum absolute atomic E-state index is 5.64. The third kappa shape index (κ3) is 3.73. The third-order valence-electron chi connectivity index (χ3n) is 4.65. The predicted molar refractivity (Wildman–Crippen MR) is 86.7 cm³/mol. The first-order chi connectivity index (χ1) is 10.3. The molecule has 1 aliphatic rings. The topological polar surface area (TPSA) is 43.8 Å². The Balaban J connectivity index is 1.59. The van der Waals surface area contributed by atoms with Crippen LogP contribution in [0.4, 0.5) is 0 Å². The Kier molecular flexibility index (Phi) is 4.71. The van der Waals surface area contributed by atoms with Gasteiger partial charge in [-0.2, -0.15) is 5.10 Å². The van der Waals surface area contributed by atoms with Gasteiger partial charge in [0.25, 0.3) is 0 Å². The van der Waals surface area contributed by atoms with E-state index in [2.05, 4.69) is 40.2 Å². The van der Waals surface area contributed by atoms with Crippen molar-refractivity contribution in [3.8, 4) is 11.1 Å². The molecule has 112 valence electrons. The summed E-state index contributed by atoms with van der Waals surface area (Å²) < 4.78 is 2.10. The Labute approximate surface area is 127 Å². The van der Waals surface area contributed by atoms with Crippen LogP contribution in [0.3, 0.4) is 0 Å². The first-order valence-electron chi connectivity index (χ1n) is 8.17. The fraction of sp³-hybridized carbons (Fsp3) is 0.500. The van der Waals surface area contributed by atoms with Crippen LogP contribution in [0.15, 0.2) is 36.7 Å². The highest BCUT2D eigenvalue weighted by Gasteiger charge is 2.13. The maximum Gasteiger partial charge on any atom is 0.0568 e. The number of aryl methyl sites for hydroxylation is 1. The standard InChI is InChI=1S/C18H25N3/c19-12-16-6-8-17(9-7-16)18-13-20-21(14-18)11-10-15-4-2-1-3-5-15/h6-9,13-15H,1-5,10-12,19H2. The zero-order chi connectivity index (χ0) is 14.5. The maximum atomic E-state index is 5.64. The monoisotopic (exact) mass is 283 g/mol. The molecule has 1 aliphatic carbocycles. The fourth-order valence-corrected chi connectivity index (χ4v) is 3.26. The molecule has 3 nitrogen and oxygen atoms in total. The van der Waals surface area contributed by atoms with E-state index in [1.165, 1.54) is 55.2 Å². The molecule has 0 radical (unpaired) electrons. The van der Waals surface area contributed by atoms with Gasteiger partial charge in [0.05, 0.1) is 6.20 Å². The summed E-state index contributed by atoms with van der Waals surface area (Å²) >= 11 is 0. The van der Waals surface area contributed by atoms with Crippen molar-refractivity contribution in [1.29, 1.82) is 0 Å². The highest BCUT2D eigenvalue weighted by molar-refractivity contribution is 5.61. The summed E-state index contributed by atoms with van der Waals surface area (Å²) in [5.41, 5.74) is 9.22. The quantitative estimate of drug-likeness (QED) is 0.902. The molecule has 0 aliphatic heterocycles. The number of nitrogens with two attached hydrogens (primary N) is 1. The van der Waals surface area contributed by atoms with E-state index in [0.717, 1.165) is 12.5 Å². The molecule has 1 aromatic carbocycles. The Morgan fingerprint density at radius 1 is 1.05 bits per heavy atom. The van der Waals surface area contributed by atoms with Gasteiger partial charge in [0.15, 0.2) is 0 Å². The average Bonchev–Trinajstić information content (AvgIpc) is 3.03. The third-order valence-corrected chi connectivity index (χ3v) is 4.65. The van der Waals surface area contributed by atoms with Gasteiger partial charge in [-0.3, -0.25) is 4.68 Å². The molecule has 1 aromatic heterocycles. The van der Waals surface area contributed by atoms with Gasteiger partial charge in [-0.15, -0.1) is 0 Å². The second kappa shape index (κ2) is 6.90. The van der Waals surface area contributed by atoms with Gasteiger partial charge in [-0.1, -0.05) is 56.4 Å². The molecule has 1 fully saturated rings. The second-order valence-corrected chi connectivity index (χ2v) is 6.19. The summed E-state index contributed by atoms with van der Waals surface area (Å²) in [4.78, 5) is 0. The van der Waals surface area contributed by atoms with Crippen molar-refractivity contribution < 1.29 is 0 Å². The lowest BCUT2D eigenvalue weighted by Gasteiger charge is -2.21. The van der Waals surface area contributed by atoms with E-state index in [-0.39, 0.29) is 0 Å². The molecule has 0 amide bonds. The van der Waals surface area contributed by atoms with Crippen LogP contribution in [0.5, 0.6) is 0 Å². The van der Waals surface area contributed by atoms with Gasteiger partial charge in [-0.25, -0.2) is 0 Å². The fourth-order valence-electron chi connectivity index (χ4n) is 3.26. The lowest BCUT2D eigenvalue weighted by atomic mass is 9.87. The lowest BCUT2D eigenvalue weighted by molar-refractivity contribution is 0.319. The number of benzene rings is 1. The van der Waals surface area contributed by atoms with E-state index < -0.39 is 0 Å². The molecule has 1 saturated carbocycles. The molecule has 0 unspecified atom stereocenters. The SMILES string of the molecule is NCc1ccc(-c2cnn(CCC3CCCCC3)c2)cc1. The van der Waals surface area contributed by atoms with Gasteiger partial charge in [0.2, 0.25) is 0 Å². The van der Waals surface area contributed by atoms with Crippen molar-refractivity contribution in [2.45, 2.75) is 51.6 Å². The van der Waals surface area contributed by atoms with Crippen LogP contribution in [-0.2, 0) is 13.1 Å². The molecule has 2 aromatic rings. The van der Waals surface area contributed by atoms with Gasteiger partial charge in [-0.05, 0) is 23.5 Å². The zero-order valence-corrected chi connectivity index (χ0v) is 12.7. The zero-order valence-electron chi connectivity index (χ0n) is 12.7. The molecular weight excluding hydrogens is 258 g/mol. The van der Waals surface area contributed by atoms with Crippen molar-refractivity contribution in [1.82, 2.24) is 9.78 Å². The first kappa shape index (κ1) is 14.3. The van der Waals surface area contributed by atoms with E-state index in [9.17, 15) is 0 Å². The van der Waals surface area contributed by atoms with Crippen LogP contribution in [0.1, 0.15) is 44.1 Å². The van der Waals surface area contributed by atoms with Crippen LogP contribution in [0, 0.1) is 5.92 Å². The van der Waals surface area contributed by atoms with Crippen LogP contribution in [0.25, 0.3) is 11.1 Å². The Hall–Kier alpha value is -1.61. The number of hydrogen-bond donors (Lipinski definition) is 1. The summed E-state index contributed by atoms with van der Waals surface area (Å²) in [6.45, 7) is 1.65. The smallest absolute Gasteiger partial charge is 0.0568 e. The number of aromatic nitrogens is 2. The van der Waals surface area contributed by atoms with Crippen LogP contribution < -0.4 is 5.73 Å². The van der Waals surface area contributed by atoms with E-state index in [1.54, 1.807) is 0 Å². The van der Waals surface area contributed by atoms with Crippen LogP contribution in [0.2, 0.25) is 0 Å². The van der Waals surface area contributed by atoms with Crippen molar-refractivity contribution in [3.05, 3.63) is 42.2 Å². The largest absolute Gasteiger partial charge is 0.326 e. The minimum atomic E-state index is 0.598. The molecule has 0 saturated heterocycles. The van der Waals surface area contributed by atoms with E-state index in [1.807, 2.05) is 6.20 Å². The molecule has 3 rings (SSSR count). The normalized spacial score (nSPS) is 16.2. The van der Waals surface area contributed by atoms with Crippen molar-refractivity contribution in [3.63, 3.8) is 0 Å². The summed E-state index contributed by atoms with van der Waals surface area (Å²) in [6.07, 6.45) is 12.5. The van der Waals surface area contributed by atoms with Crippen molar-refractivity contribution in [2.75, 3.05) is 0 Å². The highest BCUT2D eigenvalue weighted by atomic mass is 15.3. The molecule has 0 spiro atoms. The van der Waals surface area contributed by atoms with Gasteiger partial charge >= 0.3 is 0 Å². The Bertz CT molecular complexity index is 550. The first-order valence-corrected chi connectivity index (χ1v) is 8.17. The summed E-state index contributed by atoms with van der Waals surface area (Å²) in [5, 5.41) is 4.51. The Morgan fingerprint density at radius 2 is 1.81 bits per heavy atom. The molecule has 3 heteroatoms. The average molecular weight is 283 g/mol. The van der Waals surface area contributed by atoms with Gasteiger partial charge < -0.3 is 5.73 Å². The van der Waals surface area contributed by atoms with Crippen molar-refractivity contribution in [2.24, 2.45) is 11.7 Å². The van der Waals surface area contributed by atoms with E-state index in [4.69, 9.17) is 5.73 Å². The molecule has 2 N–H and O–H groups in total. The molecular formula is C18H25N3. The van der Waals surface area contributed by atoms with E-state index in [0.29, 0.717) is 6.54 Å². The second-order valence-electron chi connectivity index (χ2n) is 6.19. The van der Waals surface area contributed by atoms with Crippen molar-refractivity contribution >= 4 is 0 Å². The minimum Gasteiger partial charge on any atom is -0.326 e. The Morgan fingerprint density at radius 3 is 2.52 bits per heavy atom. The predicted octanol–water partition coefficient (Wildman–Crippen LogP) is 3.98. The number of rotatable bonds is 5. The van der Waals surface area contributed by atoms with Crippen LogP contribution >= 0.6 is 0 Å². The minimum absolute atomic E-state index is 0.598. The summed E-state index contributed by atoms with van der Waals surface area (Å²) in [5.74, 6) is 0.912. The molecule has 21 heavy (non-hydrogen) atoms. The number of hydrogen-bond acceptors (Lipinski definition) is 2. The van der Waals surface area contributed by atoms with E-state index >= 15 is 0 Å². The van der Waals surface area contributed by atoms with Gasteiger partial charge in [0.1, 0.15) is 0 Å².